The topological polar surface area (TPSA) is 12.0 Å². The van der Waals surface area contributed by atoms with Gasteiger partial charge < -0.3 is 5.32 Å². The molecule has 82 valence electrons. The zero-order valence-corrected chi connectivity index (χ0v) is 10.2. The Morgan fingerprint density at radius 1 is 1.13 bits per heavy atom. The Balaban J connectivity index is 2.27. The van der Waals surface area contributed by atoms with Crippen molar-refractivity contribution in [3.8, 4) is 0 Å². The zero-order chi connectivity index (χ0) is 10.8. The Kier molecular flexibility index (Phi) is 3.32. The number of hydrogen-bond acceptors (Lipinski definition) is 1. The van der Waals surface area contributed by atoms with Gasteiger partial charge in [0.15, 0.2) is 0 Å². The van der Waals surface area contributed by atoms with Crippen molar-refractivity contribution in [2.45, 2.75) is 32.6 Å². The molecule has 0 aromatic heterocycles. The third kappa shape index (κ3) is 2.35. The number of aryl methyl sites for hydroxylation is 2. The Labute approximate surface area is 96.8 Å². The van der Waals surface area contributed by atoms with Crippen molar-refractivity contribution in [2.24, 2.45) is 0 Å². The minimum absolute atomic E-state index is 0.723. The molecule has 0 spiro atoms. The van der Waals surface area contributed by atoms with Crippen molar-refractivity contribution in [3.63, 3.8) is 0 Å². The van der Waals surface area contributed by atoms with Crippen LogP contribution in [0.4, 0.5) is 0 Å². The molecule has 1 aromatic carbocycles. The van der Waals surface area contributed by atoms with Crippen LogP contribution < -0.4 is 5.32 Å². The number of benzene rings is 1. The maximum atomic E-state index is 6.18. The molecule has 0 unspecified atom stereocenters. The lowest BCUT2D eigenvalue weighted by molar-refractivity contribution is 0.460. The van der Waals surface area contributed by atoms with Crippen LogP contribution in [0, 0.1) is 13.8 Å². The number of rotatable bonds is 1. The fraction of sp³-hybridized carbons (Fsp3) is 0.538. The molecule has 1 fully saturated rings. The largest absolute Gasteiger partial charge is 0.317 e. The highest BCUT2D eigenvalue weighted by Gasteiger charge is 2.16. The van der Waals surface area contributed by atoms with Gasteiger partial charge in [-0.3, -0.25) is 0 Å². The Morgan fingerprint density at radius 2 is 1.67 bits per heavy atom. The molecule has 1 nitrogen and oxygen atoms in total. The minimum atomic E-state index is 0.723. The van der Waals surface area contributed by atoms with Crippen molar-refractivity contribution >= 4 is 11.6 Å². The Hall–Kier alpha value is -0.530. The molecule has 0 bridgehead atoms. The molecule has 0 aliphatic carbocycles. The lowest BCUT2D eigenvalue weighted by Gasteiger charge is -2.24. The molecule has 15 heavy (non-hydrogen) atoms. The summed E-state index contributed by atoms with van der Waals surface area (Å²) in [4.78, 5) is 0. The molecule has 0 amide bonds. The normalized spacial score (nSPS) is 18.1. The molecule has 1 heterocycles. The van der Waals surface area contributed by atoms with Crippen LogP contribution in [0.1, 0.15) is 35.4 Å². The second-order valence-corrected chi connectivity index (χ2v) is 4.87. The highest BCUT2D eigenvalue weighted by molar-refractivity contribution is 6.32. The van der Waals surface area contributed by atoms with Gasteiger partial charge in [0.2, 0.25) is 0 Å². The van der Waals surface area contributed by atoms with Gasteiger partial charge in [-0.25, -0.2) is 0 Å². The maximum absolute atomic E-state index is 6.18. The van der Waals surface area contributed by atoms with Crippen molar-refractivity contribution in [1.82, 2.24) is 5.32 Å². The smallest absolute Gasteiger partial charge is 0.0464 e. The molecule has 0 saturated carbocycles. The summed E-state index contributed by atoms with van der Waals surface area (Å²) in [6.07, 6.45) is 2.50. The van der Waals surface area contributed by atoms with Crippen LogP contribution in [-0.4, -0.2) is 13.1 Å². The van der Waals surface area contributed by atoms with Crippen LogP contribution in [0.2, 0.25) is 5.02 Å². The summed E-state index contributed by atoms with van der Waals surface area (Å²) in [5.41, 5.74) is 3.89. The van der Waals surface area contributed by atoms with E-state index in [1.807, 2.05) is 0 Å². The van der Waals surface area contributed by atoms with E-state index in [4.69, 9.17) is 11.6 Å². The quantitative estimate of drug-likeness (QED) is 0.770. The first kappa shape index (κ1) is 11.0. The first-order valence-corrected chi connectivity index (χ1v) is 6.03. The van der Waals surface area contributed by atoms with E-state index in [2.05, 4.69) is 31.3 Å². The van der Waals surface area contributed by atoms with E-state index < -0.39 is 0 Å². The van der Waals surface area contributed by atoms with Crippen LogP contribution in [0.25, 0.3) is 0 Å². The van der Waals surface area contributed by atoms with Crippen LogP contribution in [0.5, 0.6) is 0 Å². The monoisotopic (exact) mass is 223 g/mol. The van der Waals surface area contributed by atoms with E-state index in [0.717, 1.165) is 24.0 Å². The Bertz CT molecular complexity index is 331. The van der Waals surface area contributed by atoms with E-state index in [0.29, 0.717) is 0 Å². The molecule has 1 N–H and O–H groups in total. The molecule has 1 aliphatic heterocycles. The number of nitrogens with one attached hydrogen (secondary N) is 1. The molecular formula is C13H18ClN. The first-order valence-electron chi connectivity index (χ1n) is 5.66. The molecule has 1 saturated heterocycles. The lowest BCUT2D eigenvalue weighted by atomic mass is 9.88. The van der Waals surface area contributed by atoms with Crippen molar-refractivity contribution in [2.75, 3.05) is 13.1 Å². The molecule has 0 radical (unpaired) electrons. The standard InChI is InChI=1S/C13H18ClN/c1-9-7-12(8-10(2)13(9)14)11-3-5-15-6-4-11/h7-8,11,15H,3-6H2,1-2H3. The van der Waals surface area contributed by atoms with Gasteiger partial charge in [0.25, 0.3) is 0 Å². The summed E-state index contributed by atoms with van der Waals surface area (Å²) in [5.74, 6) is 0.723. The summed E-state index contributed by atoms with van der Waals surface area (Å²) < 4.78 is 0. The predicted octanol–water partition coefficient (Wildman–Crippen LogP) is 3.42. The van der Waals surface area contributed by atoms with Gasteiger partial charge in [0.05, 0.1) is 0 Å². The minimum Gasteiger partial charge on any atom is -0.317 e. The molecule has 2 heteroatoms. The van der Waals surface area contributed by atoms with E-state index in [1.165, 1.54) is 29.5 Å². The van der Waals surface area contributed by atoms with Gasteiger partial charge in [-0.2, -0.15) is 0 Å². The SMILES string of the molecule is Cc1cc(C2CCNCC2)cc(C)c1Cl. The average Bonchev–Trinajstić information content (AvgIpc) is 2.26. The van der Waals surface area contributed by atoms with Crippen LogP contribution >= 0.6 is 11.6 Å². The van der Waals surface area contributed by atoms with Gasteiger partial charge in [-0.05, 0) is 62.4 Å². The predicted molar refractivity (Wildman–Crippen MR) is 65.8 cm³/mol. The summed E-state index contributed by atoms with van der Waals surface area (Å²) in [5, 5.41) is 4.32. The van der Waals surface area contributed by atoms with Crippen molar-refractivity contribution in [1.29, 1.82) is 0 Å². The molecule has 0 atom stereocenters. The summed E-state index contributed by atoms with van der Waals surface area (Å²) in [6.45, 7) is 6.48. The third-order valence-corrected chi connectivity index (χ3v) is 3.87. The van der Waals surface area contributed by atoms with Gasteiger partial charge in [0, 0.05) is 5.02 Å². The Morgan fingerprint density at radius 3 is 2.20 bits per heavy atom. The molecule has 1 aliphatic rings. The first-order chi connectivity index (χ1) is 7.18. The highest BCUT2D eigenvalue weighted by atomic mass is 35.5. The van der Waals surface area contributed by atoms with E-state index in [9.17, 15) is 0 Å². The molecular weight excluding hydrogens is 206 g/mol. The fourth-order valence-electron chi connectivity index (χ4n) is 2.37. The lowest BCUT2D eigenvalue weighted by Crippen LogP contribution is -2.26. The van der Waals surface area contributed by atoms with Gasteiger partial charge >= 0.3 is 0 Å². The molecule has 1 aromatic rings. The van der Waals surface area contributed by atoms with Crippen LogP contribution in [0.15, 0.2) is 12.1 Å². The summed E-state index contributed by atoms with van der Waals surface area (Å²) >= 11 is 6.18. The summed E-state index contributed by atoms with van der Waals surface area (Å²) in [6, 6.07) is 4.51. The van der Waals surface area contributed by atoms with Crippen molar-refractivity contribution < 1.29 is 0 Å². The van der Waals surface area contributed by atoms with Gasteiger partial charge in [0.1, 0.15) is 0 Å². The summed E-state index contributed by atoms with van der Waals surface area (Å²) in [7, 11) is 0. The van der Waals surface area contributed by atoms with Crippen molar-refractivity contribution in [3.05, 3.63) is 33.8 Å². The van der Waals surface area contributed by atoms with Gasteiger partial charge in [-0.15, -0.1) is 0 Å². The second kappa shape index (κ2) is 4.54. The fourth-order valence-corrected chi connectivity index (χ4v) is 2.48. The second-order valence-electron chi connectivity index (χ2n) is 4.49. The average molecular weight is 224 g/mol. The van der Waals surface area contributed by atoms with E-state index in [-0.39, 0.29) is 0 Å². The number of piperidine rings is 1. The van der Waals surface area contributed by atoms with E-state index in [1.54, 1.807) is 0 Å². The maximum Gasteiger partial charge on any atom is 0.0464 e. The van der Waals surface area contributed by atoms with E-state index >= 15 is 0 Å². The zero-order valence-electron chi connectivity index (χ0n) is 9.44. The number of hydrogen-bond donors (Lipinski definition) is 1. The number of halogens is 1. The third-order valence-electron chi connectivity index (χ3n) is 3.27. The highest BCUT2D eigenvalue weighted by Crippen LogP contribution is 2.30. The van der Waals surface area contributed by atoms with Crippen LogP contribution in [-0.2, 0) is 0 Å². The molecule has 2 rings (SSSR count). The van der Waals surface area contributed by atoms with Crippen LogP contribution in [0.3, 0.4) is 0 Å². The van der Waals surface area contributed by atoms with Gasteiger partial charge in [-0.1, -0.05) is 23.7 Å².